The number of benzene rings is 1. The fourth-order valence-corrected chi connectivity index (χ4v) is 7.06. The summed E-state index contributed by atoms with van der Waals surface area (Å²) < 4.78 is 8.39. The fraction of sp³-hybridized carbons (Fsp3) is 0.611. The van der Waals surface area contributed by atoms with Crippen molar-refractivity contribution in [1.29, 1.82) is 0 Å². The van der Waals surface area contributed by atoms with Crippen molar-refractivity contribution < 1.29 is 9.84 Å². The monoisotopic (exact) mass is 602 g/mol. The Morgan fingerprint density at radius 1 is 0.864 bits per heavy atom. The number of piperazine rings is 1. The van der Waals surface area contributed by atoms with Crippen molar-refractivity contribution in [3.05, 3.63) is 78.4 Å². The third-order valence-corrected chi connectivity index (χ3v) is 9.88. The van der Waals surface area contributed by atoms with Crippen molar-refractivity contribution in [3.8, 4) is 0 Å². The summed E-state index contributed by atoms with van der Waals surface area (Å²) in [4.78, 5) is 12.0. The van der Waals surface area contributed by atoms with Crippen molar-refractivity contribution in [1.82, 2.24) is 24.6 Å². The summed E-state index contributed by atoms with van der Waals surface area (Å²) in [5, 5.41) is 16.0. The zero-order valence-electron chi connectivity index (χ0n) is 27.4. The zero-order valence-corrected chi connectivity index (χ0v) is 27.4. The molecular formula is C36H54N6O2. The second-order valence-corrected chi connectivity index (χ2v) is 13.2. The maximum Gasteiger partial charge on any atom is 0.0920 e. The summed E-state index contributed by atoms with van der Waals surface area (Å²) in [6.07, 6.45) is 14.2. The SMILES string of the molecule is CCC(CCn1cc(N2CCN(C(C)CC[C@H](OC(C)C)c3cccnc3)CC2)cn1)N1CCC(O)(c2ccccc2)CC1. The van der Waals surface area contributed by atoms with E-state index < -0.39 is 5.60 Å². The highest BCUT2D eigenvalue weighted by atomic mass is 16.5. The molecule has 240 valence electrons. The van der Waals surface area contributed by atoms with Crippen LogP contribution < -0.4 is 4.90 Å². The van der Waals surface area contributed by atoms with E-state index in [2.05, 4.69) is 76.5 Å². The van der Waals surface area contributed by atoms with E-state index in [1.165, 1.54) is 11.3 Å². The van der Waals surface area contributed by atoms with Gasteiger partial charge in [0.15, 0.2) is 0 Å². The van der Waals surface area contributed by atoms with Gasteiger partial charge in [0.1, 0.15) is 0 Å². The highest BCUT2D eigenvalue weighted by Crippen LogP contribution is 2.34. The van der Waals surface area contributed by atoms with Crippen molar-refractivity contribution in [3.63, 3.8) is 0 Å². The third-order valence-electron chi connectivity index (χ3n) is 9.88. The first-order chi connectivity index (χ1) is 21.3. The van der Waals surface area contributed by atoms with E-state index in [0.29, 0.717) is 12.1 Å². The molecule has 2 aliphatic heterocycles. The van der Waals surface area contributed by atoms with Crippen LogP contribution in [0.25, 0.3) is 0 Å². The van der Waals surface area contributed by atoms with Gasteiger partial charge in [0.05, 0.1) is 29.7 Å². The van der Waals surface area contributed by atoms with Gasteiger partial charge in [-0.3, -0.25) is 14.6 Å². The standard InChI is InChI=1S/C36H54N6O2/c1-5-33(40-20-16-36(43,17-21-40)32-11-7-6-8-12-32)15-19-42-28-34(27-38-42)41-24-22-39(23-25-41)30(4)13-14-35(44-29(2)3)31-10-9-18-37-26-31/h6-12,18,26-30,33,35,43H,5,13-17,19-25H2,1-4H3/t30?,33?,35-/m0/s1. The molecule has 0 radical (unpaired) electrons. The van der Waals surface area contributed by atoms with E-state index in [4.69, 9.17) is 9.84 Å². The number of aliphatic hydroxyl groups is 1. The predicted molar refractivity (Wildman–Crippen MR) is 178 cm³/mol. The molecule has 2 aromatic heterocycles. The van der Waals surface area contributed by atoms with E-state index in [-0.39, 0.29) is 12.2 Å². The molecule has 2 saturated heterocycles. The van der Waals surface area contributed by atoms with Crippen LogP contribution >= 0.6 is 0 Å². The van der Waals surface area contributed by atoms with E-state index in [0.717, 1.165) is 89.9 Å². The Labute approximate surface area is 265 Å². The highest BCUT2D eigenvalue weighted by Gasteiger charge is 2.35. The molecule has 44 heavy (non-hydrogen) atoms. The zero-order chi connectivity index (χ0) is 30.9. The molecule has 2 unspecified atom stereocenters. The van der Waals surface area contributed by atoms with Crippen LogP contribution in [0.1, 0.15) is 83.5 Å². The van der Waals surface area contributed by atoms with Crippen molar-refractivity contribution in [2.45, 2.75) is 103 Å². The number of likely N-dealkylation sites (tertiary alicyclic amines) is 1. The topological polar surface area (TPSA) is 69.9 Å². The lowest BCUT2D eigenvalue weighted by atomic mass is 9.84. The Balaban J connectivity index is 1.05. The first kappa shape index (κ1) is 32.6. The molecule has 0 amide bonds. The average molecular weight is 603 g/mol. The number of ether oxygens (including phenoxy) is 1. The van der Waals surface area contributed by atoms with Crippen LogP contribution in [0.15, 0.2) is 67.3 Å². The van der Waals surface area contributed by atoms with Gasteiger partial charge in [-0.1, -0.05) is 43.3 Å². The quantitative estimate of drug-likeness (QED) is 0.247. The number of aryl methyl sites for hydroxylation is 1. The largest absolute Gasteiger partial charge is 0.385 e. The molecule has 2 fully saturated rings. The predicted octanol–water partition coefficient (Wildman–Crippen LogP) is 5.89. The second kappa shape index (κ2) is 15.5. The summed E-state index contributed by atoms with van der Waals surface area (Å²) >= 11 is 0. The Morgan fingerprint density at radius 3 is 2.27 bits per heavy atom. The smallest absolute Gasteiger partial charge is 0.0920 e. The maximum atomic E-state index is 11.3. The fourth-order valence-electron chi connectivity index (χ4n) is 7.06. The highest BCUT2D eigenvalue weighted by molar-refractivity contribution is 5.42. The molecule has 5 rings (SSSR count). The van der Waals surface area contributed by atoms with E-state index in [1.54, 1.807) is 0 Å². The van der Waals surface area contributed by atoms with Crippen molar-refractivity contribution in [2.24, 2.45) is 0 Å². The number of hydrogen-bond acceptors (Lipinski definition) is 7. The van der Waals surface area contributed by atoms with Gasteiger partial charge in [-0.25, -0.2) is 0 Å². The lowest BCUT2D eigenvalue weighted by molar-refractivity contribution is -0.0373. The van der Waals surface area contributed by atoms with Gasteiger partial charge in [-0.05, 0) is 76.5 Å². The molecule has 0 spiro atoms. The van der Waals surface area contributed by atoms with E-state index in [1.807, 2.05) is 42.9 Å². The molecule has 2 aliphatic rings. The molecule has 8 nitrogen and oxygen atoms in total. The van der Waals surface area contributed by atoms with Crippen LogP contribution in [-0.2, 0) is 16.9 Å². The van der Waals surface area contributed by atoms with Crippen molar-refractivity contribution >= 4 is 5.69 Å². The normalized spacial score (nSPS) is 20.1. The number of anilines is 1. The minimum atomic E-state index is -0.695. The molecule has 0 saturated carbocycles. The molecular weight excluding hydrogens is 548 g/mol. The van der Waals surface area contributed by atoms with Gasteiger partial charge >= 0.3 is 0 Å². The minimum absolute atomic E-state index is 0.0954. The second-order valence-electron chi connectivity index (χ2n) is 13.2. The number of nitrogens with zero attached hydrogens (tertiary/aromatic N) is 6. The lowest BCUT2D eigenvalue weighted by Crippen LogP contribution is -2.49. The van der Waals surface area contributed by atoms with Crippen LogP contribution in [0.5, 0.6) is 0 Å². The van der Waals surface area contributed by atoms with Crippen molar-refractivity contribution in [2.75, 3.05) is 44.2 Å². The van der Waals surface area contributed by atoms with Crippen LogP contribution in [0, 0.1) is 0 Å². The van der Waals surface area contributed by atoms with Crippen LogP contribution in [0.4, 0.5) is 5.69 Å². The molecule has 3 aromatic rings. The van der Waals surface area contributed by atoms with Gasteiger partial charge in [-0.2, -0.15) is 5.10 Å². The summed E-state index contributed by atoms with van der Waals surface area (Å²) in [5.41, 5.74) is 2.77. The van der Waals surface area contributed by atoms with E-state index in [9.17, 15) is 5.11 Å². The Morgan fingerprint density at radius 2 is 1.61 bits per heavy atom. The van der Waals surface area contributed by atoms with Gasteiger partial charge in [0, 0.05) is 76.5 Å². The number of hydrogen-bond donors (Lipinski definition) is 1. The van der Waals surface area contributed by atoms with Gasteiger partial charge in [0.25, 0.3) is 0 Å². The van der Waals surface area contributed by atoms with Gasteiger partial charge < -0.3 is 19.6 Å². The molecule has 1 N–H and O–H groups in total. The summed E-state index contributed by atoms with van der Waals surface area (Å²) in [7, 11) is 0. The van der Waals surface area contributed by atoms with Gasteiger partial charge in [0.2, 0.25) is 0 Å². The third kappa shape index (κ3) is 8.47. The molecule has 0 aliphatic carbocycles. The number of pyridine rings is 1. The Hall–Kier alpha value is -2.78. The van der Waals surface area contributed by atoms with Crippen LogP contribution in [-0.4, -0.2) is 87.1 Å². The first-order valence-electron chi connectivity index (χ1n) is 16.9. The number of aromatic nitrogens is 3. The first-order valence-corrected chi connectivity index (χ1v) is 16.9. The number of rotatable bonds is 14. The molecule has 0 bridgehead atoms. The van der Waals surface area contributed by atoms with Crippen LogP contribution in [0.2, 0.25) is 0 Å². The maximum absolute atomic E-state index is 11.3. The van der Waals surface area contributed by atoms with Gasteiger partial charge in [-0.15, -0.1) is 0 Å². The summed E-state index contributed by atoms with van der Waals surface area (Å²) in [6.45, 7) is 15.8. The summed E-state index contributed by atoms with van der Waals surface area (Å²) in [5.74, 6) is 0. The molecule has 3 atom stereocenters. The minimum Gasteiger partial charge on any atom is -0.385 e. The van der Waals surface area contributed by atoms with E-state index >= 15 is 0 Å². The molecule has 4 heterocycles. The number of piperidine rings is 1. The Bertz CT molecular complexity index is 1240. The average Bonchev–Trinajstić information content (AvgIpc) is 3.54. The van der Waals surface area contributed by atoms with Crippen LogP contribution in [0.3, 0.4) is 0 Å². The summed E-state index contributed by atoms with van der Waals surface area (Å²) in [6, 6.07) is 15.3. The molecule has 8 heteroatoms. The Kier molecular flexibility index (Phi) is 11.5. The molecule has 1 aromatic carbocycles. The lowest BCUT2D eigenvalue weighted by Gasteiger charge is -2.42.